The van der Waals surface area contributed by atoms with Crippen LogP contribution in [0.5, 0.6) is 0 Å². The zero-order valence-corrected chi connectivity index (χ0v) is 11.3. The molecule has 0 saturated heterocycles. The molecule has 0 radical (unpaired) electrons. The Balaban J connectivity index is 1.82. The molecule has 1 unspecified atom stereocenters. The minimum Gasteiger partial charge on any atom is -0.476 e. The quantitative estimate of drug-likeness (QED) is 0.712. The molecule has 1 atom stereocenters. The van der Waals surface area contributed by atoms with Crippen LogP contribution in [0.15, 0.2) is 42.9 Å². The minimum absolute atomic E-state index is 0.0256. The second kappa shape index (κ2) is 6.67. The first-order chi connectivity index (χ1) is 10.1. The summed E-state index contributed by atoms with van der Waals surface area (Å²) in [7, 11) is 0. The van der Waals surface area contributed by atoms with Crippen molar-refractivity contribution in [2.75, 3.05) is 6.54 Å². The number of carboxylic acids is 1. The van der Waals surface area contributed by atoms with Crippen LogP contribution >= 0.6 is 0 Å². The summed E-state index contributed by atoms with van der Waals surface area (Å²) >= 11 is 0. The summed E-state index contributed by atoms with van der Waals surface area (Å²) in [5.41, 5.74) is 6.57. The third kappa shape index (κ3) is 3.90. The highest BCUT2D eigenvalue weighted by Gasteiger charge is 2.14. The van der Waals surface area contributed by atoms with E-state index in [0.29, 0.717) is 13.1 Å². The fourth-order valence-corrected chi connectivity index (χ4v) is 1.82. The van der Waals surface area contributed by atoms with Crippen molar-refractivity contribution < 1.29 is 14.7 Å². The van der Waals surface area contributed by atoms with Gasteiger partial charge in [-0.15, -0.1) is 0 Å². The van der Waals surface area contributed by atoms with Gasteiger partial charge in [0.1, 0.15) is 6.04 Å². The predicted octanol–water partition coefficient (Wildman–Crippen LogP) is 0.398. The van der Waals surface area contributed by atoms with E-state index in [-0.39, 0.29) is 11.6 Å². The lowest BCUT2D eigenvalue weighted by molar-refractivity contribution is -0.122. The summed E-state index contributed by atoms with van der Waals surface area (Å²) in [6.07, 6.45) is 2.82. The number of aromatic carboxylic acids is 1. The maximum Gasteiger partial charge on any atom is 0.356 e. The number of rotatable bonds is 6. The Hall–Kier alpha value is -2.67. The Bertz CT molecular complexity index is 624. The highest BCUT2D eigenvalue weighted by atomic mass is 16.4. The molecule has 1 heterocycles. The average Bonchev–Trinajstić information content (AvgIpc) is 2.96. The number of amides is 1. The summed E-state index contributed by atoms with van der Waals surface area (Å²) < 4.78 is 1.60. The number of nitrogens with zero attached hydrogens (tertiary/aromatic N) is 2. The second-order valence-corrected chi connectivity index (χ2v) is 4.48. The van der Waals surface area contributed by atoms with Gasteiger partial charge in [-0.25, -0.2) is 9.78 Å². The normalized spacial score (nSPS) is 11.9. The zero-order valence-electron chi connectivity index (χ0n) is 11.3. The van der Waals surface area contributed by atoms with Crippen LogP contribution in [-0.2, 0) is 11.3 Å². The second-order valence-electron chi connectivity index (χ2n) is 4.48. The molecular formula is C14H16N4O3. The Morgan fingerprint density at radius 1 is 1.33 bits per heavy atom. The largest absolute Gasteiger partial charge is 0.476 e. The van der Waals surface area contributed by atoms with Crippen LogP contribution in [-0.4, -0.2) is 33.1 Å². The SMILES string of the molecule is NC(C(=O)NCCn1cnc(C(=O)O)c1)c1ccccc1. The number of nitrogens with one attached hydrogen (secondary N) is 1. The number of carboxylic acid groups (broad SMARTS) is 1. The van der Waals surface area contributed by atoms with E-state index in [2.05, 4.69) is 10.3 Å². The van der Waals surface area contributed by atoms with Gasteiger partial charge in [0.05, 0.1) is 6.33 Å². The van der Waals surface area contributed by atoms with Gasteiger partial charge in [0.2, 0.25) is 5.91 Å². The zero-order chi connectivity index (χ0) is 15.2. The third-order valence-electron chi connectivity index (χ3n) is 2.96. The smallest absolute Gasteiger partial charge is 0.356 e. The highest BCUT2D eigenvalue weighted by Crippen LogP contribution is 2.08. The van der Waals surface area contributed by atoms with Gasteiger partial charge in [0.25, 0.3) is 0 Å². The van der Waals surface area contributed by atoms with Crippen LogP contribution < -0.4 is 11.1 Å². The van der Waals surface area contributed by atoms with E-state index in [4.69, 9.17) is 10.8 Å². The van der Waals surface area contributed by atoms with Gasteiger partial charge in [-0.3, -0.25) is 4.79 Å². The lowest BCUT2D eigenvalue weighted by atomic mass is 10.1. The molecule has 2 aromatic rings. The lowest BCUT2D eigenvalue weighted by Crippen LogP contribution is -2.35. The summed E-state index contributed by atoms with van der Waals surface area (Å²) in [6.45, 7) is 0.766. The number of carbonyl (C=O) groups is 2. The van der Waals surface area contributed by atoms with Crippen molar-refractivity contribution in [3.05, 3.63) is 54.1 Å². The Kier molecular flexibility index (Phi) is 4.68. The first-order valence-electron chi connectivity index (χ1n) is 6.41. The van der Waals surface area contributed by atoms with Crippen LogP contribution in [0.1, 0.15) is 22.1 Å². The summed E-state index contributed by atoms with van der Waals surface area (Å²) in [5, 5.41) is 11.5. The van der Waals surface area contributed by atoms with E-state index in [1.165, 1.54) is 12.5 Å². The van der Waals surface area contributed by atoms with Gasteiger partial charge in [-0.05, 0) is 5.56 Å². The van der Waals surface area contributed by atoms with E-state index >= 15 is 0 Å². The maximum atomic E-state index is 11.9. The van der Waals surface area contributed by atoms with Crippen molar-refractivity contribution in [2.24, 2.45) is 5.73 Å². The average molecular weight is 288 g/mol. The first kappa shape index (κ1) is 14.7. The Labute approximate surface area is 121 Å². The van der Waals surface area contributed by atoms with Gasteiger partial charge in [0.15, 0.2) is 5.69 Å². The fraction of sp³-hybridized carbons (Fsp3) is 0.214. The minimum atomic E-state index is -1.08. The first-order valence-corrected chi connectivity index (χ1v) is 6.41. The van der Waals surface area contributed by atoms with E-state index in [9.17, 15) is 9.59 Å². The van der Waals surface area contributed by atoms with Crippen LogP contribution in [0.25, 0.3) is 0 Å². The molecule has 110 valence electrons. The van der Waals surface area contributed by atoms with Crippen molar-refractivity contribution >= 4 is 11.9 Å². The van der Waals surface area contributed by atoms with Crippen molar-refractivity contribution in [3.63, 3.8) is 0 Å². The van der Waals surface area contributed by atoms with Crippen LogP contribution in [0.4, 0.5) is 0 Å². The van der Waals surface area contributed by atoms with E-state index in [1.807, 2.05) is 18.2 Å². The number of aromatic nitrogens is 2. The van der Waals surface area contributed by atoms with Crippen molar-refractivity contribution in [1.29, 1.82) is 0 Å². The molecule has 21 heavy (non-hydrogen) atoms. The molecule has 2 rings (SSSR count). The van der Waals surface area contributed by atoms with Crippen LogP contribution in [0.2, 0.25) is 0 Å². The molecule has 1 aromatic heterocycles. The van der Waals surface area contributed by atoms with Gasteiger partial charge < -0.3 is 20.7 Å². The molecule has 0 bridgehead atoms. The molecule has 1 aromatic carbocycles. The maximum absolute atomic E-state index is 11.9. The van der Waals surface area contributed by atoms with Crippen LogP contribution in [0.3, 0.4) is 0 Å². The number of imidazole rings is 1. The summed E-state index contributed by atoms with van der Waals surface area (Å²) in [6, 6.07) is 8.36. The van der Waals surface area contributed by atoms with E-state index in [1.54, 1.807) is 16.7 Å². The topological polar surface area (TPSA) is 110 Å². The number of benzene rings is 1. The Morgan fingerprint density at radius 3 is 2.67 bits per heavy atom. The molecule has 0 fully saturated rings. The molecular weight excluding hydrogens is 272 g/mol. The van der Waals surface area contributed by atoms with Crippen LogP contribution in [0, 0.1) is 0 Å². The van der Waals surface area contributed by atoms with Gasteiger partial charge in [0, 0.05) is 19.3 Å². The van der Waals surface area contributed by atoms with Gasteiger partial charge in [-0.1, -0.05) is 30.3 Å². The number of hydrogen-bond acceptors (Lipinski definition) is 4. The Morgan fingerprint density at radius 2 is 2.05 bits per heavy atom. The van der Waals surface area contributed by atoms with Crippen molar-refractivity contribution in [2.45, 2.75) is 12.6 Å². The highest BCUT2D eigenvalue weighted by molar-refractivity contribution is 5.85. The summed E-state index contributed by atoms with van der Waals surface area (Å²) in [4.78, 5) is 26.3. The molecule has 0 aliphatic carbocycles. The van der Waals surface area contributed by atoms with Gasteiger partial charge in [-0.2, -0.15) is 0 Å². The molecule has 4 N–H and O–H groups in total. The monoisotopic (exact) mass is 288 g/mol. The molecule has 1 amide bonds. The molecule has 7 heteroatoms. The standard InChI is InChI=1S/C14H16N4O3/c15-12(10-4-2-1-3-5-10)13(19)16-6-7-18-8-11(14(20)21)17-9-18/h1-5,8-9,12H,6-7,15H2,(H,16,19)(H,20,21). The van der Waals surface area contributed by atoms with Crippen molar-refractivity contribution in [1.82, 2.24) is 14.9 Å². The third-order valence-corrected chi connectivity index (χ3v) is 2.96. The molecule has 0 aliphatic heterocycles. The molecule has 0 spiro atoms. The number of hydrogen-bond donors (Lipinski definition) is 3. The fourth-order valence-electron chi connectivity index (χ4n) is 1.82. The molecule has 0 saturated carbocycles. The predicted molar refractivity (Wildman–Crippen MR) is 75.6 cm³/mol. The van der Waals surface area contributed by atoms with E-state index < -0.39 is 12.0 Å². The number of nitrogens with two attached hydrogens (primary N) is 1. The van der Waals surface area contributed by atoms with E-state index in [0.717, 1.165) is 5.56 Å². The molecule has 7 nitrogen and oxygen atoms in total. The molecule has 0 aliphatic rings. The lowest BCUT2D eigenvalue weighted by Gasteiger charge is -2.12. The summed E-state index contributed by atoms with van der Waals surface area (Å²) in [5.74, 6) is -1.36. The number of carbonyl (C=O) groups excluding carboxylic acids is 1. The van der Waals surface area contributed by atoms with Crippen molar-refractivity contribution in [3.8, 4) is 0 Å². The van der Waals surface area contributed by atoms with Gasteiger partial charge >= 0.3 is 5.97 Å².